The topological polar surface area (TPSA) is 37.8 Å². The summed E-state index contributed by atoms with van der Waals surface area (Å²) < 4.78 is 12.5. The molecule has 0 aliphatic rings. The quantitative estimate of drug-likeness (QED) is 0.788. The van der Waals surface area contributed by atoms with Gasteiger partial charge in [0.05, 0.1) is 23.9 Å². The molecule has 0 bridgehead atoms. The van der Waals surface area contributed by atoms with Gasteiger partial charge in [-0.1, -0.05) is 0 Å². The molecular formula is C9H8FN3S. The van der Waals surface area contributed by atoms with Crippen LogP contribution in [0.2, 0.25) is 0 Å². The van der Waals surface area contributed by atoms with Crippen molar-refractivity contribution < 1.29 is 4.39 Å². The van der Waals surface area contributed by atoms with Crippen LogP contribution in [0, 0.1) is 5.95 Å². The minimum Gasteiger partial charge on any atom is -0.379 e. The van der Waals surface area contributed by atoms with Gasteiger partial charge in [-0.05, 0) is 12.1 Å². The molecular weight excluding hydrogens is 201 g/mol. The zero-order chi connectivity index (χ0) is 9.80. The lowest BCUT2D eigenvalue weighted by atomic mass is 10.4. The fourth-order valence-corrected chi connectivity index (χ4v) is 1.53. The largest absolute Gasteiger partial charge is 0.379 e. The highest BCUT2D eigenvalue weighted by Gasteiger charge is 1.96. The van der Waals surface area contributed by atoms with Gasteiger partial charge >= 0.3 is 0 Å². The van der Waals surface area contributed by atoms with Crippen molar-refractivity contribution in [2.24, 2.45) is 0 Å². The Morgan fingerprint density at radius 3 is 2.93 bits per heavy atom. The molecule has 0 saturated carbocycles. The lowest BCUT2D eigenvalue weighted by molar-refractivity contribution is 0.584. The lowest BCUT2D eigenvalue weighted by Gasteiger charge is -2.02. The Labute approximate surface area is 84.6 Å². The highest BCUT2D eigenvalue weighted by Crippen LogP contribution is 2.10. The van der Waals surface area contributed by atoms with Crippen molar-refractivity contribution in [1.29, 1.82) is 0 Å². The van der Waals surface area contributed by atoms with Gasteiger partial charge in [0.15, 0.2) is 0 Å². The normalized spacial score (nSPS) is 10.1. The number of halogens is 1. The van der Waals surface area contributed by atoms with Crippen molar-refractivity contribution >= 4 is 17.0 Å². The van der Waals surface area contributed by atoms with Crippen molar-refractivity contribution in [2.75, 3.05) is 5.32 Å². The molecule has 0 unspecified atom stereocenters. The third-order valence-electron chi connectivity index (χ3n) is 1.68. The van der Waals surface area contributed by atoms with Gasteiger partial charge in [0, 0.05) is 11.1 Å². The van der Waals surface area contributed by atoms with Crippen LogP contribution in [-0.4, -0.2) is 9.97 Å². The zero-order valence-electron chi connectivity index (χ0n) is 7.27. The number of anilines is 1. The molecule has 2 aromatic rings. The van der Waals surface area contributed by atoms with Crippen molar-refractivity contribution in [3.05, 3.63) is 40.9 Å². The number of rotatable bonds is 3. The van der Waals surface area contributed by atoms with E-state index in [2.05, 4.69) is 15.3 Å². The summed E-state index contributed by atoms with van der Waals surface area (Å²) in [5.74, 6) is -0.464. The van der Waals surface area contributed by atoms with Crippen LogP contribution < -0.4 is 5.32 Å². The second-order valence-electron chi connectivity index (χ2n) is 2.69. The van der Waals surface area contributed by atoms with Gasteiger partial charge < -0.3 is 5.32 Å². The van der Waals surface area contributed by atoms with Gasteiger partial charge in [-0.15, -0.1) is 11.3 Å². The van der Waals surface area contributed by atoms with Crippen LogP contribution in [0.4, 0.5) is 10.1 Å². The lowest BCUT2D eigenvalue weighted by Crippen LogP contribution is -1.98. The summed E-state index contributed by atoms with van der Waals surface area (Å²) in [5.41, 5.74) is 2.58. The average Bonchev–Trinajstić information content (AvgIpc) is 2.70. The van der Waals surface area contributed by atoms with Crippen LogP contribution in [0.25, 0.3) is 0 Å². The van der Waals surface area contributed by atoms with Crippen LogP contribution >= 0.6 is 11.3 Å². The number of hydrogen-bond acceptors (Lipinski definition) is 4. The number of hydrogen-bond donors (Lipinski definition) is 1. The van der Waals surface area contributed by atoms with Gasteiger partial charge in [-0.2, -0.15) is 4.39 Å². The molecule has 0 saturated heterocycles. The van der Waals surface area contributed by atoms with Crippen molar-refractivity contribution in [3.8, 4) is 0 Å². The molecule has 0 spiro atoms. The summed E-state index contributed by atoms with van der Waals surface area (Å²) in [6.07, 6.45) is 3.27. The highest BCUT2D eigenvalue weighted by atomic mass is 32.1. The molecule has 0 aliphatic heterocycles. The monoisotopic (exact) mass is 209 g/mol. The molecule has 0 aromatic carbocycles. The van der Waals surface area contributed by atoms with Crippen molar-refractivity contribution in [1.82, 2.24) is 9.97 Å². The summed E-state index contributed by atoms with van der Waals surface area (Å²) in [4.78, 5) is 8.62. The molecule has 0 fully saturated rings. The van der Waals surface area contributed by atoms with Gasteiger partial charge in [0.25, 0.3) is 0 Å². The van der Waals surface area contributed by atoms with E-state index in [1.807, 2.05) is 0 Å². The van der Waals surface area contributed by atoms with E-state index >= 15 is 0 Å². The predicted molar refractivity (Wildman–Crippen MR) is 53.6 cm³/mol. The summed E-state index contributed by atoms with van der Waals surface area (Å²) >= 11 is 1.58. The first-order valence-electron chi connectivity index (χ1n) is 4.07. The molecule has 2 rings (SSSR count). The predicted octanol–water partition coefficient (Wildman–Crippen LogP) is 2.29. The first-order valence-corrected chi connectivity index (χ1v) is 4.95. The Hall–Kier alpha value is -1.49. The third kappa shape index (κ3) is 2.26. The first-order chi connectivity index (χ1) is 6.84. The van der Waals surface area contributed by atoms with Gasteiger partial charge in [-0.3, -0.25) is 4.98 Å². The van der Waals surface area contributed by atoms with E-state index in [9.17, 15) is 4.39 Å². The van der Waals surface area contributed by atoms with Gasteiger partial charge in [0.2, 0.25) is 5.95 Å². The van der Waals surface area contributed by atoms with Crippen LogP contribution in [0.15, 0.2) is 30.0 Å². The van der Waals surface area contributed by atoms with Crippen molar-refractivity contribution in [3.63, 3.8) is 0 Å². The van der Waals surface area contributed by atoms with E-state index in [1.54, 1.807) is 29.1 Å². The number of thiazole rings is 1. The minimum absolute atomic E-state index is 0.464. The molecule has 0 radical (unpaired) electrons. The summed E-state index contributed by atoms with van der Waals surface area (Å²) in [6, 6.07) is 2.98. The van der Waals surface area contributed by atoms with Gasteiger partial charge in [-0.25, -0.2) is 4.98 Å². The molecule has 5 heteroatoms. The minimum atomic E-state index is -0.464. The maximum atomic E-state index is 12.5. The maximum absolute atomic E-state index is 12.5. The first kappa shape index (κ1) is 9.08. The number of nitrogens with zero attached hydrogens (tertiary/aromatic N) is 2. The van der Waals surface area contributed by atoms with E-state index in [0.29, 0.717) is 6.54 Å². The summed E-state index contributed by atoms with van der Waals surface area (Å²) in [5, 5.41) is 3.12. The standard InChI is InChI=1S/C9H8FN3S/c10-9-2-1-7(3-13-9)12-5-8-4-11-6-14-8/h1-4,6,12H,5H2. The molecule has 2 aromatic heterocycles. The molecule has 0 amide bonds. The second kappa shape index (κ2) is 4.15. The van der Waals surface area contributed by atoms with Gasteiger partial charge in [0.1, 0.15) is 0 Å². The molecule has 14 heavy (non-hydrogen) atoms. The number of nitrogens with one attached hydrogen (secondary N) is 1. The van der Waals surface area contributed by atoms with E-state index in [-0.39, 0.29) is 0 Å². The van der Waals surface area contributed by atoms with Crippen LogP contribution in [0.5, 0.6) is 0 Å². The van der Waals surface area contributed by atoms with Crippen LogP contribution in [0.3, 0.4) is 0 Å². The summed E-state index contributed by atoms with van der Waals surface area (Å²) in [7, 11) is 0. The molecule has 1 N–H and O–H groups in total. The fraction of sp³-hybridized carbons (Fsp3) is 0.111. The molecule has 2 heterocycles. The molecule has 72 valence electrons. The highest BCUT2D eigenvalue weighted by molar-refractivity contribution is 7.09. The number of aromatic nitrogens is 2. The molecule has 3 nitrogen and oxygen atoms in total. The Morgan fingerprint density at radius 2 is 2.29 bits per heavy atom. The third-order valence-corrected chi connectivity index (χ3v) is 2.46. The molecule has 0 atom stereocenters. The number of pyridine rings is 1. The van der Waals surface area contributed by atoms with E-state index in [4.69, 9.17) is 0 Å². The zero-order valence-corrected chi connectivity index (χ0v) is 8.09. The van der Waals surface area contributed by atoms with E-state index < -0.39 is 5.95 Å². The van der Waals surface area contributed by atoms with E-state index in [1.165, 1.54) is 12.3 Å². The SMILES string of the molecule is Fc1ccc(NCc2cncs2)cn1. The Bertz CT molecular complexity index is 385. The van der Waals surface area contributed by atoms with Crippen LogP contribution in [-0.2, 0) is 6.54 Å². The molecule has 0 aliphatic carbocycles. The average molecular weight is 209 g/mol. The van der Waals surface area contributed by atoms with Crippen LogP contribution in [0.1, 0.15) is 4.88 Å². The smallest absolute Gasteiger partial charge is 0.212 e. The maximum Gasteiger partial charge on any atom is 0.212 e. The fourth-order valence-electron chi connectivity index (χ4n) is 0.999. The summed E-state index contributed by atoms with van der Waals surface area (Å²) in [6.45, 7) is 0.692. The van der Waals surface area contributed by atoms with E-state index in [0.717, 1.165) is 10.6 Å². The Morgan fingerprint density at radius 1 is 1.36 bits per heavy atom. The Kier molecular flexibility index (Phi) is 2.69. The second-order valence-corrected chi connectivity index (χ2v) is 3.66. The van der Waals surface area contributed by atoms with Crippen molar-refractivity contribution in [2.45, 2.75) is 6.54 Å². The Balaban J connectivity index is 1.95.